The molecule has 0 fully saturated rings. The van der Waals surface area contributed by atoms with Gasteiger partial charge in [0.15, 0.2) is 0 Å². The highest BCUT2D eigenvalue weighted by atomic mass is 16.5. The summed E-state index contributed by atoms with van der Waals surface area (Å²) < 4.78 is 4.57. The molecule has 0 unspecified atom stereocenters. The van der Waals surface area contributed by atoms with E-state index < -0.39 is 23.7 Å². The van der Waals surface area contributed by atoms with E-state index in [9.17, 15) is 24.3 Å². The lowest BCUT2D eigenvalue weighted by Gasteiger charge is -2.17. The smallest absolute Gasteiger partial charge is 0.337 e. The number of anilines is 1. The van der Waals surface area contributed by atoms with Crippen molar-refractivity contribution in [1.82, 2.24) is 4.90 Å². The Morgan fingerprint density at radius 2 is 1.64 bits per heavy atom. The maximum Gasteiger partial charge on any atom is 0.337 e. The third-order valence-corrected chi connectivity index (χ3v) is 4.36. The molecule has 3 amide bonds. The Hall–Kier alpha value is -3.68. The normalized spacial score (nSPS) is 12.9. The van der Waals surface area contributed by atoms with Crippen LogP contribution in [0.25, 0.3) is 0 Å². The van der Waals surface area contributed by atoms with Crippen molar-refractivity contribution < 1.29 is 29.0 Å². The van der Waals surface area contributed by atoms with Crippen LogP contribution in [0.3, 0.4) is 0 Å². The molecule has 0 atom stereocenters. The van der Waals surface area contributed by atoms with Gasteiger partial charge in [-0.1, -0.05) is 0 Å². The summed E-state index contributed by atoms with van der Waals surface area (Å²) in [6.45, 7) is 3.46. The monoisotopic (exact) mass is 382 g/mol. The van der Waals surface area contributed by atoms with Crippen LogP contribution in [0.1, 0.15) is 55.3 Å². The van der Waals surface area contributed by atoms with Gasteiger partial charge < -0.3 is 15.2 Å². The number of amides is 3. The van der Waals surface area contributed by atoms with E-state index in [1.807, 2.05) is 0 Å². The van der Waals surface area contributed by atoms with E-state index in [4.69, 9.17) is 0 Å². The highest BCUT2D eigenvalue weighted by Crippen LogP contribution is 2.28. The van der Waals surface area contributed by atoms with E-state index in [0.29, 0.717) is 0 Å². The molecule has 3 rings (SSSR count). The van der Waals surface area contributed by atoms with Crippen molar-refractivity contribution in [2.45, 2.75) is 19.9 Å². The number of nitrogens with one attached hydrogen (secondary N) is 1. The molecular formula is C20H18N2O6. The summed E-state index contributed by atoms with van der Waals surface area (Å²) in [6, 6.07) is 7.86. The largest absolute Gasteiger partial charge is 0.506 e. The second kappa shape index (κ2) is 7.15. The summed E-state index contributed by atoms with van der Waals surface area (Å²) in [7, 11) is 1.22. The van der Waals surface area contributed by atoms with Gasteiger partial charge in [0.05, 0.1) is 29.5 Å². The molecule has 144 valence electrons. The number of hydrogen-bond donors (Lipinski definition) is 2. The van der Waals surface area contributed by atoms with E-state index in [-0.39, 0.29) is 39.7 Å². The average Bonchev–Trinajstić information content (AvgIpc) is 2.92. The molecular weight excluding hydrogens is 364 g/mol. The standard InChI is InChI=1S/C20H18N2O6/c1-10(2)22-18(25)13-6-4-11(8-14(13)19(22)26)17(24)21-15-7-5-12(9-16(15)23)20(27)28-3/h4-10,23H,1-3H3,(H,21,24). The summed E-state index contributed by atoms with van der Waals surface area (Å²) in [4.78, 5) is 49.9. The highest BCUT2D eigenvalue weighted by molar-refractivity contribution is 6.22. The van der Waals surface area contributed by atoms with Crippen molar-refractivity contribution in [2.75, 3.05) is 12.4 Å². The van der Waals surface area contributed by atoms with Crippen LogP contribution in [0.2, 0.25) is 0 Å². The number of ether oxygens (including phenoxy) is 1. The molecule has 8 nitrogen and oxygen atoms in total. The fourth-order valence-electron chi connectivity index (χ4n) is 2.95. The number of benzene rings is 2. The molecule has 0 spiro atoms. The maximum atomic E-state index is 12.5. The third-order valence-electron chi connectivity index (χ3n) is 4.36. The topological polar surface area (TPSA) is 113 Å². The predicted molar refractivity (Wildman–Crippen MR) is 99.5 cm³/mol. The lowest BCUT2D eigenvalue weighted by molar-refractivity contribution is 0.0592. The van der Waals surface area contributed by atoms with Crippen LogP contribution < -0.4 is 5.32 Å². The molecule has 2 aromatic carbocycles. The minimum absolute atomic E-state index is 0.0874. The van der Waals surface area contributed by atoms with E-state index >= 15 is 0 Å². The first-order valence-electron chi connectivity index (χ1n) is 8.49. The number of fused-ring (bicyclic) bond motifs is 1. The van der Waals surface area contributed by atoms with Crippen molar-refractivity contribution >= 4 is 29.4 Å². The molecule has 0 bridgehead atoms. The minimum atomic E-state index is -0.621. The Morgan fingerprint density at radius 1 is 1.00 bits per heavy atom. The van der Waals surface area contributed by atoms with Crippen LogP contribution in [-0.4, -0.2) is 46.8 Å². The molecule has 28 heavy (non-hydrogen) atoms. The molecule has 0 saturated carbocycles. The molecule has 2 aromatic rings. The minimum Gasteiger partial charge on any atom is -0.506 e. The van der Waals surface area contributed by atoms with Gasteiger partial charge in [0, 0.05) is 11.6 Å². The number of carbonyl (C=O) groups excluding carboxylic acids is 4. The van der Waals surface area contributed by atoms with Gasteiger partial charge in [-0.25, -0.2) is 4.79 Å². The molecule has 1 aliphatic heterocycles. The summed E-state index contributed by atoms with van der Waals surface area (Å²) in [5, 5.41) is 12.5. The highest BCUT2D eigenvalue weighted by Gasteiger charge is 2.37. The van der Waals surface area contributed by atoms with Crippen LogP contribution >= 0.6 is 0 Å². The van der Waals surface area contributed by atoms with E-state index in [0.717, 1.165) is 4.90 Å². The van der Waals surface area contributed by atoms with E-state index in [1.54, 1.807) is 13.8 Å². The van der Waals surface area contributed by atoms with Gasteiger partial charge in [0.1, 0.15) is 5.75 Å². The van der Waals surface area contributed by atoms with Crippen LogP contribution in [0, 0.1) is 0 Å². The van der Waals surface area contributed by atoms with Crippen LogP contribution in [-0.2, 0) is 4.74 Å². The lowest BCUT2D eigenvalue weighted by Crippen LogP contribution is -2.35. The number of imide groups is 1. The summed E-state index contributed by atoms with van der Waals surface area (Å²) >= 11 is 0. The Morgan fingerprint density at radius 3 is 2.25 bits per heavy atom. The van der Waals surface area contributed by atoms with Gasteiger partial charge in [0.2, 0.25) is 0 Å². The number of aromatic hydroxyl groups is 1. The number of esters is 1. The third kappa shape index (κ3) is 3.20. The average molecular weight is 382 g/mol. The molecule has 0 saturated heterocycles. The van der Waals surface area contributed by atoms with Gasteiger partial charge in [-0.2, -0.15) is 0 Å². The first-order chi connectivity index (χ1) is 13.2. The van der Waals surface area contributed by atoms with E-state index in [2.05, 4.69) is 10.1 Å². The molecule has 0 radical (unpaired) electrons. The molecule has 1 heterocycles. The van der Waals surface area contributed by atoms with Crippen molar-refractivity contribution in [2.24, 2.45) is 0 Å². The number of phenolic OH excluding ortho intramolecular Hbond substituents is 1. The van der Waals surface area contributed by atoms with Gasteiger partial charge in [-0.3, -0.25) is 19.3 Å². The lowest BCUT2D eigenvalue weighted by atomic mass is 10.1. The zero-order valence-corrected chi connectivity index (χ0v) is 15.5. The second-order valence-corrected chi connectivity index (χ2v) is 6.51. The number of hydrogen-bond acceptors (Lipinski definition) is 6. The maximum absolute atomic E-state index is 12.5. The first kappa shape index (κ1) is 19.1. The van der Waals surface area contributed by atoms with Crippen molar-refractivity contribution in [3.05, 3.63) is 58.7 Å². The Balaban J connectivity index is 1.85. The Kier molecular flexibility index (Phi) is 4.87. The van der Waals surface area contributed by atoms with E-state index in [1.165, 1.54) is 43.5 Å². The number of phenols is 1. The van der Waals surface area contributed by atoms with Gasteiger partial charge in [-0.15, -0.1) is 0 Å². The molecule has 0 aliphatic carbocycles. The first-order valence-corrected chi connectivity index (χ1v) is 8.49. The molecule has 1 aliphatic rings. The number of methoxy groups -OCH3 is 1. The van der Waals surface area contributed by atoms with Crippen molar-refractivity contribution in [1.29, 1.82) is 0 Å². The number of carbonyl (C=O) groups is 4. The fourth-order valence-corrected chi connectivity index (χ4v) is 2.95. The second-order valence-electron chi connectivity index (χ2n) is 6.51. The molecule has 2 N–H and O–H groups in total. The Labute approximate surface area is 160 Å². The van der Waals surface area contributed by atoms with Crippen LogP contribution in [0.5, 0.6) is 5.75 Å². The summed E-state index contributed by atoms with van der Waals surface area (Å²) in [5.41, 5.74) is 0.789. The quantitative estimate of drug-likeness (QED) is 0.477. The number of nitrogens with zero attached hydrogens (tertiary/aromatic N) is 1. The van der Waals surface area contributed by atoms with Gasteiger partial charge in [0.25, 0.3) is 17.7 Å². The van der Waals surface area contributed by atoms with Gasteiger partial charge >= 0.3 is 5.97 Å². The number of rotatable bonds is 4. The Bertz CT molecular complexity index is 1010. The fraction of sp³-hybridized carbons (Fsp3) is 0.200. The zero-order valence-electron chi connectivity index (χ0n) is 15.5. The summed E-state index contributed by atoms with van der Waals surface area (Å²) in [6.07, 6.45) is 0. The predicted octanol–water partition coefficient (Wildman–Crippen LogP) is 2.44. The zero-order chi connectivity index (χ0) is 20.6. The van der Waals surface area contributed by atoms with Crippen LogP contribution in [0.4, 0.5) is 5.69 Å². The summed E-state index contributed by atoms with van der Waals surface area (Å²) in [5.74, 6) is -2.35. The van der Waals surface area contributed by atoms with Crippen molar-refractivity contribution in [3.8, 4) is 5.75 Å². The van der Waals surface area contributed by atoms with Crippen molar-refractivity contribution in [3.63, 3.8) is 0 Å². The SMILES string of the molecule is COC(=O)c1ccc(NC(=O)c2ccc3c(c2)C(=O)N(C(C)C)C3=O)c(O)c1. The van der Waals surface area contributed by atoms with Gasteiger partial charge in [-0.05, 0) is 50.2 Å². The molecule has 0 aromatic heterocycles. The molecule has 8 heteroatoms. The van der Waals surface area contributed by atoms with Crippen LogP contribution in [0.15, 0.2) is 36.4 Å².